The van der Waals surface area contributed by atoms with E-state index in [0.29, 0.717) is 19.5 Å². The molecule has 0 saturated carbocycles. The maximum atomic E-state index is 12.4. The Bertz CT molecular complexity index is 573. The number of amides is 1. The Morgan fingerprint density at radius 1 is 1.33 bits per heavy atom. The predicted octanol–water partition coefficient (Wildman–Crippen LogP) is 2.01. The number of rotatable bonds is 7. The first-order chi connectivity index (χ1) is 11.5. The standard InChI is InChI=1S/C18H26N2O4/c1-4-10-19(2)16(21)12-20-11-9-15(18(22)23)17(20)13-5-7-14(24-3)8-6-13/h5-8,15,17H,4,9-12H2,1-3H3,(H,22,23). The molecule has 2 unspecified atom stereocenters. The summed E-state index contributed by atoms with van der Waals surface area (Å²) in [7, 11) is 3.39. The molecule has 1 aromatic carbocycles. The number of carbonyl (C=O) groups is 2. The van der Waals surface area contributed by atoms with E-state index in [9.17, 15) is 14.7 Å². The first kappa shape index (κ1) is 18.3. The van der Waals surface area contributed by atoms with Gasteiger partial charge in [-0.1, -0.05) is 19.1 Å². The molecule has 1 fully saturated rings. The van der Waals surface area contributed by atoms with Gasteiger partial charge < -0.3 is 14.7 Å². The minimum atomic E-state index is -0.812. The molecule has 0 aliphatic carbocycles. The topological polar surface area (TPSA) is 70.1 Å². The van der Waals surface area contributed by atoms with Crippen LogP contribution in [-0.4, -0.2) is 60.6 Å². The molecule has 1 aliphatic heterocycles. The van der Waals surface area contributed by atoms with Crippen LogP contribution in [0.5, 0.6) is 5.75 Å². The minimum absolute atomic E-state index is 0.0291. The fourth-order valence-corrected chi connectivity index (χ4v) is 3.29. The third-order valence-corrected chi connectivity index (χ3v) is 4.60. The summed E-state index contributed by atoms with van der Waals surface area (Å²) in [4.78, 5) is 27.7. The highest BCUT2D eigenvalue weighted by molar-refractivity contribution is 5.78. The molecule has 1 aromatic rings. The second-order valence-electron chi connectivity index (χ2n) is 6.24. The van der Waals surface area contributed by atoms with E-state index in [1.807, 2.05) is 36.1 Å². The molecule has 2 rings (SSSR count). The first-order valence-corrected chi connectivity index (χ1v) is 8.32. The van der Waals surface area contributed by atoms with Crippen molar-refractivity contribution in [2.24, 2.45) is 5.92 Å². The van der Waals surface area contributed by atoms with Crippen molar-refractivity contribution in [1.82, 2.24) is 9.80 Å². The van der Waals surface area contributed by atoms with Gasteiger partial charge in [0.1, 0.15) is 5.75 Å². The van der Waals surface area contributed by atoms with Crippen molar-refractivity contribution in [3.8, 4) is 5.75 Å². The average molecular weight is 334 g/mol. The molecular weight excluding hydrogens is 308 g/mol. The fourth-order valence-electron chi connectivity index (χ4n) is 3.29. The Balaban J connectivity index is 2.19. The molecule has 1 N–H and O–H groups in total. The molecule has 0 spiro atoms. The highest BCUT2D eigenvalue weighted by atomic mass is 16.5. The Kier molecular flexibility index (Phi) is 6.20. The van der Waals surface area contributed by atoms with Gasteiger partial charge in [-0.05, 0) is 30.5 Å². The molecule has 1 aliphatic rings. The van der Waals surface area contributed by atoms with Crippen LogP contribution in [0, 0.1) is 5.92 Å². The van der Waals surface area contributed by atoms with Gasteiger partial charge in [0.25, 0.3) is 0 Å². The van der Waals surface area contributed by atoms with E-state index < -0.39 is 11.9 Å². The summed E-state index contributed by atoms with van der Waals surface area (Å²) in [5.74, 6) is -0.550. The van der Waals surface area contributed by atoms with Crippen LogP contribution < -0.4 is 4.74 Å². The third-order valence-electron chi connectivity index (χ3n) is 4.60. The number of ether oxygens (including phenoxy) is 1. The summed E-state index contributed by atoms with van der Waals surface area (Å²) < 4.78 is 5.17. The summed E-state index contributed by atoms with van der Waals surface area (Å²) in [6, 6.07) is 7.15. The number of hydrogen-bond acceptors (Lipinski definition) is 4. The van der Waals surface area contributed by atoms with Crippen LogP contribution in [0.4, 0.5) is 0 Å². The van der Waals surface area contributed by atoms with Gasteiger partial charge >= 0.3 is 5.97 Å². The van der Waals surface area contributed by atoms with Crippen LogP contribution in [-0.2, 0) is 9.59 Å². The zero-order valence-electron chi connectivity index (χ0n) is 14.6. The Morgan fingerprint density at radius 3 is 2.54 bits per heavy atom. The smallest absolute Gasteiger partial charge is 0.308 e. The molecule has 1 heterocycles. The van der Waals surface area contributed by atoms with Crippen molar-refractivity contribution >= 4 is 11.9 Å². The highest BCUT2D eigenvalue weighted by Gasteiger charge is 2.40. The fraction of sp³-hybridized carbons (Fsp3) is 0.556. The van der Waals surface area contributed by atoms with Gasteiger partial charge in [-0.2, -0.15) is 0 Å². The summed E-state index contributed by atoms with van der Waals surface area (Å²) in [6.07, 6.45) is 1.46. The lowest BCUT2D eigenvalue weighted by Gasteiger charge is -2.28. The van der Waals surface area contributed by atoms with Crippen LogP contribution in [0.1, 0.15) is 31.4 Å². The largest absolute Gasteiger partial charge is 0.497 e. The summed E-state index contributed by atoms with van der Waals surface area (Å²) in [5.41, 5.74) is 0.909. The third kappa shape index (κ3) is 4.06. The lowest BCUT2D eigenvalue weighted by Crippen LogP contribution is -2.39. The second-order valence-corrected chi connectivity index (χ2v) is 6.24. The number of carboxylic acids is 1. The molecular formula is C18H26N2O4. The number of aliphatic carboxylic acids is 1. The zero-order chi connectivity index (χ0) is 17.7. The normalized spacial score (nSPS) is 20.8. The molecule has 1 saturated heterocycles. The van der Waals surface area contributed by atoms with Crippen LogP contribution in [0.15, 0.2) is 24.3 Å². The van der Waals surface area contributed by atoms with Crippen molar-refractivity contribution in [2.75, 3.05) is 33.8 Å². The minimum Gasteiger partial charge on any atom is -0.497 e. The van der Waals surface area contributed by atoms with E-state index in [2.05, 4.69) is 0 Å². The molecule has 24 heavy (non-hydrogen) atoms. The van der Waals surface area contributed by atoms with E-state index in [1.165, 1.54) is 0 Å². The Hall–Kier alpha value is -2.08. The maximum Gasteiger partial charge on any atom is 0.308 e. The molecule has 0 aromatic heterocycles. The van der Waals surface area contributed by atoms with Gasteiger partial charge in [0.05, 0.1) is 19.6 Å². The summed E-state index contributed by atoms with van der Waals surface area (Å²) >= 11 is 0. The highest BCUT2D eigenvalue weighted by Crippen LogP contribution is 2.37. The van der Waals surface area contributed by atoms with E-state index >= 15 is 0 Å². The lowest BCUT2D eigenvalue weighted by atomic mass is 9.93. The van der Waals surface area contributed by atoms with Crippen molar-refractivity contribution < 1.29 is 19.4 Å². The molecule has 1 amide bonds. The van der Waals surface area contributed by atoms with Crippen molar-refractivity contribution in [2.45, 2.75) is 25.8 Å². The SMILES string of the molecule is CCCN(C)C(=O)CN1CCC(C(=O)O)C1c1ccc(OC)cc1. The van der Waals surface area contributed by atoms with Crippen molar-refractivity contribution in [3.63, 3.8) is 0 Å². The average Bonchev–Trinajstić information content (AvgIpc) is 2.99. The van der Waals surface area contributed by atoms with Gasteiger partial charge in [0, 0.05) is 26.2 Å². The van der Waals surface area contributed by atoms with Gasteiger partial charge in [0.2, 0.25) is 5.91 Å². The Labute approximate surface area is 143 Å². The predicted molar refractivity (Wildman–Crippen MR) is 91.0 cm³/mol. The molecule has 0 radical (unpaired) electrons. The Morgan fingerprint density at radius 2 is 2.00 bits per heavy atom. The van der Waals surface area contributed by atoms with E-state index in [0.717, 1.165) is 17.7 Å². The number of carboxylic acid groups (broad SMARTS) is 1. The van der Waals surface area contributed by atoms with E-state index in [-0.39, 0.29) is 18.5 Å². The van der Waals surface area contributed by atoms with Crippen LogP contribution in [0.25, 0.3) is 0 Å². The number of benzene rings is 1. The number of carbonyl (C=O) groups excluding carboxylic acids is 1. The van der Waals surface area contributed by atoms with Gasteiger partial charge in [-0.25, -0.2) is 0 Å². The van der Waals surface area contributed by atoms with Crippen LogP contribution in [0.3, 0.4) is 0 Å². The second kappa shape index (κ2) is 8.15. The van der Waals surface area contributed by atoms with Crippen molar-refractivity contribution in [3.05, 3.63) is 29.8 Å². The van der Waals surface area contributed by atoms with Crippen LogP contribution >= 0.6 is 0 Å². The molecule has 6 nitrogen and oxygen atoms in total. The van der Waals surface area contributed by atoms with E-state index in [4.69, 9.17) is 4.74 Å². The molecule has 0 bridgehead atoms. The molecule has 2 atom stereocenters. The molecule has 132 valence electrons. The van der Waals surface area contributed by atoms with Gasteiger partial charge in [0.15, 0.2) is 0 Å². The number of methoxy groups -OCH3 is 1. The first-order valence-electron chi connectivity index (χ1n) is 8.32. The lowest BCUT2D eigenvalue weighted by molar-refractivity contribution is -0.143. The number of likely N-dealkylation sites (N-methyl/N-ethyl adjacent to an activating group) is 1. The maximum absolute atomic E-state index is 12.4. The van der Waals surface area contributed by atoms with Crippen molar-refractivity contribution in [1.29, 1.82) is 0 Å². The summed E-state index contributed by atoms with van der Waals surface area (Å²) in [6.45, 7) is 3.60. The molecule has 6 heteroatoms. The van der Waals surface area contributed by atoms with Gasteiger partial charge in [-0.15, -0.1) is 0 Å². The summed E-state index contributed by atoms with van der Waals surface area (Å²) in [5, 5.41) is 9.54. The number of likely N-dealkylation sites (tertiary alicyclic amines) is 1. The number of nitrogens with zero attached hydrogens (tertiary/aromatic N) is 2. The number of hydrogen-bond donors (Lipinski definition) is 1. The van der Waals surface area contributed by atoms with E-state index in [1.54, 1.807) is 19.1 Å². The zero-order valence-corrected chi connectivity index (χ0v) is 14.6. The quantitative estimate of drug-likeness (QED) is 0.826. The van der Waals surface area contributed by atoms with Crippen LogP contribution in [0.2, 0.25) is 0 Å². The van der Waals surface area contributed by atoms with Gasteiger partial charge in [-0.3, -0.25) is 14.5 Å². The monoisotopic (exact) mass is 334 g/mol.